The minimum atomic E-state index is -0.670. The molecule has 1 fully saturated rings. The van der Waals surface area contributed by atoms with Gasteiger partial charge in [-0.2, -0.15) is 4.39 Å². The second-order valence-electron chi connectivity index (χ2n) is 5.74. The molecule has 1 aromatic rings. The zero-order valence-electron chi connectivity index (χ0n) is 12.9. The Morgan fingerprint density at radius 3 is 3.13 bits per heavy atom. The van der Waals surface area contributed by atoms with Crippen LogP contribution in [0, 0.1) is 12.9 Å². The molecule has 0 aromatic carbocycles. The summed E-state index contributed by atoms with van der Waals surface area (Å²) in [5.74, 6) is -0.956. The van der Waals surface area contributed by atoms with E-state index < -0.39 is 5.95 Å². The summed E-state index contributed by atoms with van der Waals surface area (Å²) in [6.07, 6.45) is 4.13. The van der Waals surface area contributed by atoms with E-state index in [1.165, 1.54) is 6.21 Å². The van der Waals surface area contributed by atoms with Gasteiger partial charge in [0.25, 0.3) is 0 Å². The summed E-state index contributed by atoms with van der Waals surface area (Å²) < 4.78 is 19.9. The van der Waals surface area contributed by atoms with Crippen LogP contribution in [0.1, 0.15) is 38.4 Å². The van der Waals surface area contributed by atoms with E-state index in [4.69, 9.17) is 10.5 Å². The topological polar surface area (TPSA) is 89.6 Å². The van der Waals surface area contributed by atoms with Crippen LogP contribution < -0.4 is 11.1 Å². The van der Waals surface area contributed by atoms with Gasteiger partial charge in [0.2, 0.25) is 11.9 Å². The maximum Gasteiger partial charge on any atom is 0.230 e. The summed E-state index contributed by atoms with van der Waals surface area (Å²) in [5.41, 5.74) is 7.68. The molecular weight excluding hydrogens is 299 g/mol. The predicted molar refractivity (Wildman–Crippen MR) is 87.5 cm³/mol. The second kappa shape index (κ2) is 6.45. The number of aryl methyl sites for hydroxylation is 1. The molecule has 1 saturated heterocycles. The van der Waals surface area contributed by atoms with Crippen molar-refractivity contribution in [3.8, 4) is 0 Å². The summed E-state index contributed by atoms with van der Waals surface area (Å²) in [6, 6.07) is 1.62. The molecule has 0 aliphatic carbocycles. The molecule has 0 spiro atoms. The molecule has 124 valence electrons. The number of anilines is 1. The Kier molecular flexibility index (Phi) is 4.38. The third-order valence-electron chi connectivity index (χ3n) is 3.87. The minimum Gasteiger partial charge on any atom is -0.401 e. The number of carbonyl (C=O) groups is 1. The number of hydrogen-bond acceptors (Lipinski definition) is 5. The number of aliphatic imine (C=N–C) groups is 1. The van der Waals surface area contributed by atoms with Crippen molar-refractivity contribution >= 4 is 23.4 Å². The average molecular weight is 320 g/mol. The first-order valence-corrected chi connectivity index (χ1v) is 7.65. The van der Waals surface area contributed by atoms with Gasteiger partial charge in [-0.25, -0.2) is 4.98 Å². The van der Waals surface area contributed by atoms with Crippen LogP contribution >= 0.6 is 0 Å². The number of carbonyl (C=O) groups excluding carboxylic acids is 1. The van der Waals surface area contributed by atoms with Crippen molar-refractivity contribution in [3.05, 3.63) is 29.0 Å². The van der Waals surface area contributed by atoms with Gasteiger partial charge in [-0.1, -0.05) is 0 Å². The quantitative estimate of drug-likeness (QED) is 0.647. The van der Waals surface area contributed by atoms with Crippen molar-refractivity contribution in [1.82, 2.24) is 4.98 Å². The van der Waals surface area contributed by atoms with Crippen LogP contribution in [0.25, 0.3) is 5.57 Å². The molecular formula is C16H21FN4O2. The number of halogens is 1. The monoisotopic (exact) mass is 320 g/mol. The maximum atomic E-state index is 14.4. The number of rotatable bonds is 2. The Hall–Kier alpha value is -2.28. The second-order valence-corrected chi connectivity index (χ2v) is 5.74. The zero-order chi connectivity index (χ0) is 16.4. The van der Waals surface area contributed by atoms with Crippen LogP contribution in [-0.4, -0.2) is 29.9 Å². The Bertz CT molecular complexity index is 700. The Morgan fingerprint density at radius 2 is 2.39 bits per heavy atom. The molecule has 2 aliphatic rings. The number of hydrogen-bond donors (Lipinski definition) is 2. The van der Waals surface area contributed by atoms with E-state index in [0.29, 0.717) is 23.6 Å². The standard InChI is InChI=1S/C16H19FN4O2.H2/c1-9-6-12-15(16(17)20-9)10(11(18)7-13(22)21-12)8-19-14-4-2-3-5-23-14;/h6,8,14H,2-5,7,18H2,1H3,(H,21,22);1H/b19-8+;. The summed E-state index contributed by atoms with van der Waals surface area (Å²) in [4.78, 5) is 20.1. The molecule has 6 nitrogen and oxygen atoms in total. The summed E-state index contributed by atoms with van der Waals surface area (Å²) in [5, 5.41) is 2.67. The molecule has 7 heteroatoms. The highest BCUT2D eigenvalue weighted by Gasteiger charge is 2.24. The van der Waals surface area contributed by atoms with Gasteiger partial charge in [0, 0.05) is 31.2 Å². The van der Waals surface area contributed by atoms with Gasteiger partial charge in [0.1, 0.15) is 6.23 Å². The van der Waals surface area contributed by atoms with Crippen LogP contribution in [0.5, 0.6) is 0 Å². The fourth-order valence-electron chi connectivity index (χ4n) is 2.76. The molecule has 1 aromatic heterocycles. The van der Waals surface area contributed by atoms with E-state index in [0.717, 1.165) is 19.3 Å². The van der Waals surface area contributed by atoms with Crippen molar-refractivity contribution in [2.24, 2.45) is 10.7 Å². The molecule has 1 unspecified atom stereocenters. The highest BCUT2D eigenvalue weighted by Crippen LogP contribution is 2.31. The van der Waals surface area contributed by atoms with Crippen molar-refractivity contribution in [2.45, 2.75) is 38.8 Å². The summed E-state index contributed by atoms with van der Waals surface area (Å²) in [6.45, 7) is 2.33. The smallest absolute Gasteiger partial charge is 0.230 e. The first-order valence-electron chi connectivity index (χ1n) is 7.65. The van der Waals surface area contributed by atoms with E-state index in [1.807, 2.05) is 0 Å². The largest absolute Gasteiger partial charge is 0.401 e. The van der Waals surface area contributed by atoms with Crippen LogP contribution in [0.15, 0.2) is 16.8 Å². The Balaban J connectivity index is 0.00000208. The van der Waals surface area contributed by atoms with E-state index in [9.17, 15) is 9.18 Å². The highest BCUT2D eigenvalue weighted by atomic mass is 19.1. The number of pyridine rings is 1. The molecule has 3 N–H and O–H groups in total. The average Bonchev–Trinajstić information content (AvgIpc) is 2.61. The predicted octanol–water partition coefficient (Wildman–Crippen LogP) is 2.38. The molecule has 2 aliphatic heterocycles. The summed E-state index contributed by atoms with van der Waals surface area (Å²) in [7, 11) is 0. The Labute approximate surface area is 135 Å². The third-order valence-corrected chi connectivity index (χ3v) is 3.87. The number of nitrogens with two attached hydrogens (primary N) is 1. The molecule has 0 radical (unpaired) electrons. The summed E-state index contributed by atoms with van der Waals surface area (Å²) >= 11 is 0. The number of aromatic nitrogens is 1. The van der Waals surface area contributed by atoms with Gasteiger partial charge in [0.05, 0.1) is 17.7 Å². The first kappa shape index (κ1) is 15.6. The number of fused-ring (bicyclic) bond motifs is 1. The molecule has 1 amide bonds. The molecule has 0 saturated carbocycles. The molecule has 3 rings (SSSR count). The van der Waals surface area contributed by atoms with Crippen molar-refractivity contribution in [1.29, 1.82) is 0 Å². The van der Waals surface area contributed by atoms with Crippen molar-refractivity contribution < 1.29 is 15.3 Å². The Morgan fingerprint density at radius 1 is 1.57 bits per heavy atom. The zero-order valence-corrected chi connectivity index (χ0v) is 12.9. The lowest BCUT2D eigenvalue weighted by molar-refractivity contribution is -0.115. The SMILES string of the molecule is Cc1cc2c(c(F)n1)C(/C=N/C1CCCCO1)=C(N)CC(=O)N2.[HH]. The van der Waals surface area contributed by atoms with Gasteiger partial charge in [-0.05, 0) is 32.3 Å². The van der Waals surface area contributed by atoms with Gasteiger partial charge in [-0.15, -0.1) is 0 Å². The fraction of sp³-hybridized carbons (Fsp3) is 0.438. The van der Waals surface area contributed by atoms with E-state index in [-0.39, 0.29) is 31.2 Å². The van der Waals surface area contributed by atoms with Gasteiger partial charge >= 0.3 is 0 Å². The van der Waals surface area contributed by atoms with Gasteiger partial charge < -0.3 is 15.8 Å². The molecule has 23 heavy (non-hydrogen) atoms. The van der Waals surface area contributed by atoms with Crippen LogP contribution in [0.4, 0.5) is 10.1 Å². The fourth-order valence-corrected chi connectivity index (χ4v) is 2.76. The molecule has 0 bridgehead atoms. The number of ether oxygens (including phenoxy) is 1. The van der Waals surface area contributed by atoms with Crippen LogP contribution in [0.2, 0.25) is 0 Å². The van der Waals surface area contributed by atoms with Gasteiger partial charge in [-0.3, -0.25) is 9.79 Å². The van der Waals surface area contributed by atoms with Crippen LogP contribution in [-0.2, 0) is 9.53 Å². The first-order chi connectivity index (χ1) is 11.0. The number of nitrogens with zero attached hydrogens (tertiary/aromatic N) is 2. The minimum absolute atomic E-state index is 0. The third kappa shape index (κ3) is 3.39. The van der Waals surface area contributed by atoms with Crippen molar-refractivity contribution in [3.63, 3.8) is 0 Å². The van der Waals surface area contributed by atoms with E-state index in [1.54, 1.807) is 13.0 Å². The number of amides is 1. The molecule has 3 heterocycles. The van der Waals surface area contributed by atoms with Crippen molar-refractivity contribution in [2.75, 3.05) is 11.9 Å². The normalized spacial score (nSPS) is 22.0. The lowest BCUT2D eigenvalue weighted by Crippen LogP contribution is -2.17. The number of nitrogens with one attached hydrogen (secondary N) is 1. The van der Waals surface area contributed by atoms with Crippen LogP contribution in [0.3, 0.4) is 0 Å². The maximum absolute atomic E-state index is 14.4. The lowest BCUT2D eigenvalue weighted by atomic mass is 10.0. The lowest BCUT2D eigenvalue weighted by Gasteiger charge is -2.19. The molecule has 1 atom stereocenters. The van der Waals surface area contributed by atoms with E-state index >= 15 is 0 Å². The van der Waals surface area contributed by atoms with Gasteiger partial charge in [0.15, 0.2) is 0 Å². The highest BCUT2D eigenvalue weighted by molar-refractivity contribution is 6.16. The van der Waals surface area contributed by atoms with E-state index in [2.05, 4.69) is 15.3 Å². The number of allylic oxidation sites excluding steroid dienone is 1.